The summed E-state index contributed by atoms with van der Waals surface area (Å²) in [5, 5.41) is 2.03. The van der Waals surface area contributed by atoms with E-state index in [0.717, 1.165) is 28.8 Å². The van der Waals surface area contributed by atoms with E-state index in [1.54, 1.807) is 7.11 Å². The van der Waals surface area contributed by atoms with Gasteiger partial charge in [-0.2, -0.15) is 4.57 Å². The van der Waals surface area contributed by atoms with Crippen LogP contribution in [0.3, 0.4) is 0 Å². The SMILES string of the molecule is COc1ccc(-n2cc(-c3ccc(Cl)cc3)[n+]3c2SCC3)cc1. The average molecular weight is 344 g/mol. The fourth-order valence-corrected chi connectivity index (χ4v) is 4.08. The number of thioether (sulfide) groups is 1. The van der Waals surface area contributed by atoms with Gasteiger partial charge in [0.05, 0.1) is 7.11 Å². The first kappa shape index (κ1) is 14.7. The average Bonchev–Trinajstić information content (AvgIpc) is 3.18. The molecule has 116 valence electrons. The Morgan fingerprint density at radius 1 is 1.09 bits per heavy atom. The van der Waals surface area contributed by atoms with Crippen LogP contribution in [0.5, 0.6) is 5.75 Å². The zero-order valence-corrected chi connectivity index (χ0v) is 14.3. The summed E-state index contributed by atoms with van der Waals surface area (Å²) in [5.41, 5.74) is 3.55. The van der Waals surface area contributed by atoms with Gasteiger partial charge >= 0.3 is 5.16 Å². The van der Waals surface area contributed by atoms with Gasteiger partial charge in [0.2, 0.25) is 0 Å². The zero-order valence-electron chi connectivity index (χ0n) is 12.7. The molecule has 0 unspecified atom stereocenters. The molecular formula is C18H16ClN2OS+. The molecule has 3 nitrogen and oxygen atoms in total. The summed E-state index contributed by atoms with van der Waals surface area (Å²) in [5.74, 6) is 1.98. The summed E-state index contributed by atoms with van der Waals surface area (Å²) >= 11 is 7.90. The van der Waals surface area contributed by atoms with Crippen molar-refractivity contribution in [2.24, 2.45) is 0 Å². The van der Waals surface area contributed by atoms with Crippen LogP contribution in [0.25, 0.3) is 16.9 Å². The molecule has 0 amide bonds. The maximum Gasteiger partial charge on any atom is 0.323 e. The van der Waals surface area contributed by atoms with E-state index in [1.165, 1.54) is 16.4 Å². The monoisotopic (exact) mass is 343 g/mol. The summed E-state index contributed by atoms with van der Waals surface area (Å²) < 4.78 is 9.88. The number of hydrogen-bond acceptors (Lipinski definition) is 2. The number of benzene rings is 2. The Morgan fingerprint density at radius 2 is 1.83 bits per heavy atom. The Labute approximate surface area is 144 Å². The van der Waals surface area contributed by atoms with Crippen LogP contribution in [0.1, 0.15) is 0 Å². The predicted octanol–water partition coefficient (Wildman–Crippen LogP) is 4.20. The summed E-state index contributed by atoms with van der Waals surface area (Å²) in [6.45, 7) is 1.03. The van der Waals surface area contributed by atoms with E-state index in [-0.39, 0.29) is 0 Å². The van der Waals surface area contributed by atoms with E-state index >= 15 is 0 Å². The Balaban J connectivity index is 1.82. The number of rotatable bonds is 3. The van der Waals surface area contributed by atoms with E-state index in [1.807, 2.05) is 36.0 Å². The van der Waals surface area contributed by atoms with Crippen molar-refractivity contribution in [1.82, 2.24) is 4.57 Å². The number of halogens is 1. The third-order valence-corrected chi connectivity index (χ3v) is 5.33. The summed E-state index contributed by atoms with van der Waals surface area (Å²) in [7, 11) is 1.69. The maximum atomic E-state index is 6.02. The van der Waals surface area contributed by atoms with E-state index in [2.05, 4.69) is 39.6 Å². The Kier molecular flexibility index (Phi) is 3.79. The van der Waals surface area contributed by atoms with Gasteiger partial charge in [-0.3, -0.25) is 0 Å². The molecule has 1 aliphatic rings. The second kappa shape index (κ2) is 5.95. The molecule has 0 fully saturated rings. The second-order valence-electron chi connectivity index (χ2n) is 5.37. The lowest BCUT2D eigenvalue weighted by Gasteiger charge is -2.01. The van der Waals surface area contributed by atoms with Crippen molar-refractivity contribution >= 4 is 23.4 Å². The Hall–Kier alpha value is -1.91. The number of ether oxygens (including phenoxy) is 1. The van der Waals surface area contributed by atoms with E-state index in [9.17, 15) is 0 Å². The van der Waals surface area contributed by atoms with Crippen LogP contribution >= 0.6 is 23.4 Å². The molecule has 2 aromatic carbocycles. The van der Waals surface area contributed by atoms with Crippen molar-refractivity contribution in [3.8, 4) is 22.7 Å². The highest BCUT2D eigenvalue weighted by molar-refractivity contribution is 7.99. The highest BCUT2D eigenvalue weighted by Gasteiger charge is 2.30. The number of fused-ring (bicyclic) bond motifs is 1. The van der Waals surface area contributed by atoms with Crippen LogP contribution in [0.4, 0.5) is 0 Å². The van der Waals surface area contributed by atoms with Gasteiger partial charge < -0.3 is 4.74 Å². The molecule has 4 rings (SSSR count). The van der Waals surface area contributed by atoms with Crippen molar-refractivity contribution in [2.75, 3.05) is 12.9 Å². The molecule has 0 bridgehead atoms. The van der Waals surface area contributed by atoms with Crippen molar-refractivity contribution in [3.05, 3.63) is 59.8 Å². The van der Waals surface area contributed by atoms with Crippen molar-refractivity contribution in [3.63, 3.8) is 0 Å². The molecule has 0 radical (unpaired) electrons. The zero-order chi connectivity index (χ0) is 15.8. The third kappa shape index (κ3) is 2.62. The lowest BCUT2D eigenvalue weighted by atomic mass is 10.1. The minimum Gasteiger partial charge on any atom is -0.497 e. The van der Waals surface area contributed by atoms with Crippen molar-refractivity contribution in [1.29, 1.82) is 0 Å². The van der Waals surface area contributed by atoms with Crippen LogP contribution in [-0.2, 0) is 6.54 Å². The third-order valence-electron chi connectivity index (χ3n) is 4.02. The van der Waals surface area contributed by atoms with Crippen LogP contribution in [0, 0.1) is 0 Å². The lowest BCUT2D eigenvalue weighted by Crippen LogP contribution is -2.33. The number of aromatic nitrogens is 2. The van der Waals surface area contributed by atoms with Gasteiger partial charge in [0.1, 0.15) is 24.2 Å². The number of nitrogens with zero attached hydrogens (tertiary/aromatic N) is 2. The predicted molar refractivity (Wildman–Crippen MR) is 93.7 cm³/mol. The van der Waals surface area contributed by atoms with Crippen molar-refractivity contribution in [2.45, 2.75) is 11.7 Å². The van der Waals surface area contributed by atoms with Crippen LogP contribution in [-0.4, -0.2) is 17.4 Å². The van der Waals surface area contributed by atoms with E-state index in [0.29, 0.717) is 0 Å². The molecular weight excluding hydrogens is 328 g/mol. The summed E-state index contributed by atoms with van der Waals surface area (Å²) in [6.07, 6.45) is 2.20. The summed E-state index contributed by atoms with van der Waals surface area (Å²) in [6, 6.07) is 16.2. The minimum atomic E-state index is 0.763. The molecule has 1 aliphatic heterocycles. The molecule has 23 heavy (non-hydrogen) atoms. The number of imidazole rings is 1. The van der Waals surface area contributed by atoms with Gasteiger partial charge in [-0.25, -0.2) is 4.57 Å². The largest absolute Gasteiger partial charge is 0.497 e. The van der Waals surface area contributed by atoms with Crippen LogP contribution in [0.2, 0.25) is 5.02 Å². The molecule has 3 aromatic rings. The molecule has 0 spiro atoms. The van der Waals surface area contributed by atoms with Crippen LogP contribution < -0.4 is 9.30 Å². The number of hydrogen-bond donors (Lipinski definition) is 0. The molecule has 0 saturated heterocycles. The topological polar surface area (TPSA) is 18.0 Å². The first-order valence-electron chi connectivity index (χ1n) is 7.44. The van der Waals surface area contributed by atoms with Gasteiger partial charge in [0.25, 0.3) is 0 Å². The lowest BCUT2D eigenvalue weighted by molar-refractivity contribution is -0.713. The Morgan fingerprint density at radius 3 is 2.52 bits per heavy atom. The first-order chi connectivity index (χ1) is 11.3. The molecule has 0 aliphatic carbocycles. The van der Waals surface area contributed by atoms with Gasteiger partial charge in [-0.15, -0.1) is 0 Å². The van der Waals surface area contributed by atoms with Gasteiger partial charge in [0.15, 0.2) is 5.69 Å². The van der Waals surface area contributed by atoms with Gasteiger partial charge in [0, 0.05) is 16.3 Å². The highest BCUT2D eigenvalue weighted by Crippen LogP contribution is 2.30. The normalized spacial score (nSPS) is 13.1. The molecule has 0 N–H and O–H groups in total. The molecule has 0 atom stereocenters. The van der Waals surface area contributed by atoms with E-state index in [4.69, 9.17) is 16.3 Å². The quantitative estimate of drug-likeness (QED) is 0.663. The highest BCUT2D eigenvalue weighted by atomic mass is 35.5. The molecule has 5 heteroatoms. The van der Waals surface area contributed by atoms with Gasteiger partial charge in [-0.05, 0) is 60.3 Å². The Bertz CT molecular complexity index is 841. The molecule has 2 heterocycles. The van der Waals surface area contributed by atoms with Gasteiger partial charge in [-0.1, -0.05) is 11.6 Å². The number of methoxy groups -OCH3 is 1. The van der Waals surface area contributed by atoms with Crippen LogP contribution in [0.15, 0.2) is 59.9 Å². The second-order valence-corrected chi connectivity index (χ2v) is 6.87. The first-order valence-corrected chi connectivity index (χ1v) is 8.81. The van der Waals surface area contributed by atoms with Crippen molar-refractivity contribution < 1.29 is 9.30 Å². The standard InChI is InChI=1S/C18H16ClN2OS/c1-22-16-8-6-15(7-9-16)21-12-17(20-10-11-23-18(20)21)13-2-4-14(19)5-3-13/h2-9,12H,10-11H2,1H3/q+1. The maximum absolute atomic E-state index is 6.02. The fraction of sp³-hybridized carbons (Fsp3) is 0.167. The fourth-order valence-electron chi connectivity index (χ4n) is 2.85. The van der Waals surface area contributed by atoms with E-state index < -0.39 is 0 Å². The molecule has 0 saturated carbocycles. The smallest absolute Gasteiger partial charge is 0.323 e. The minimum absolute atomic E-state index is 0.763. The summed E-state index contributed by atoms with van der Waals surface area (Å²) in [4.78, 5) is 0. The molecule has 1 aromatic heterocycles.